The zero-order valence-corrected chi connectivity index (χ0v) is 29.2. The molecule has 0 aromatic heterocycles. The highest BCUT2D eigenvalue weighted by Gasteiger charge is 2.49. The largest absolute Gasteiger partial charge is 0.550 e. The molecule has 1 aliphatic carbocycles. The zero-order valence-electron chi connectivity index (χ0n) is 27.6. The lowest BCUT2D eigenvalue weighted by Gasteiger charge is -2.34. The summed E-state index contributed by atoms with van der Waals surface area (Å²) in [5, 5.41) is 1.27. The summed E-state index contributed by atoms with van der Waals surface area (Å²) in [6.07, 6.45) is 9.17. The third-order valence-corrected chi connectivity index (χ3v) is 10.3. The van der Waals surface area contributed by atoms with Crippen molar-refractivity contribution in [2.75, 3.05) is 0 Å². The van der Waals surface area contributed by atoms with Gasteiger partial charge in [-0.05, 0) is 70.1 Å². The summed E-state index contributed by atoms with van der Waals surface area (Å²) in [6.45, 7) is 4.31. The Morgan fingerprint density at radius 3 is 1.86 bits per heavy atom. The van der Waals surface area contributed by atoms with Crippen molar-refractivity contribution in [1.82, 2.24) is 0 Å². The van der Waals surface area contributed by atoms with Gasteiger partial charge in [0.2, 0.25) is 0 Å². The van der Waals surface area contributed by atoms with Crippen LogP contribution in [0.25, 0.3) is 21.9 Å². The van der Waals surface area contributed by atoms with Gasteiger partial charge in [-0.3, -0.25) is 0 Å². The van der Waals surface area contributed by atoms with Crippen LogP contribution in [0, 0.1) is 0 Å². The predicted molar refractivity (Wildman–Crippen MR) is 178 cm³/mol. The van der Waals surface area contributed by atoms with Crippen molar-refractivity contribution in [1.29, 1.82) is 0 Å². The average molecular weight is 737 g/mol. The minimum Gasteiger partial charge on any atom is -0.399 e. The summed E-state index contributed by atoms with van der Waals surface area (Å²) >= 11 is 0.0458. The number of fused-ring (bicyclic) bond motifs is 5. The van der Waals surface area contributed by atoms with E-state index in [0.717, 1.165) is 118 Å². The Labute approximate surface area is 288 Å². The Kier molecular flexibility index (Phi) is 13.6. The van der Waals surface area contributed by atoms with E-state index in [1.807, 2.05) is 18.2 Å². The Morgan fingerprint density at radius 1 is 0.694 bits per heavy atom. The Bertz CT molecular complexity index is 1630. The maximum absolute atomic E-state index is 13.1. The van der Waals surface area contributed by atoms with Crippen LogP contribution in [0.2, 0.25) is 0 Å². The first-order valence-electron chi connectivity index (χ1n) is 16.7. The number of benzene rings is 3. The lowest BCUT2D eigenvalue weighted by molar-refractivity contribution is -0.441. The van der Waals surface area contributed by atoms with Gasteiger partial charge in [0.1, 0.15) is 11.5 Å². The molecule has 0 heterocycles. The molecule has 0 saturated carbocycles. The molecule has 0 amide bonds. The van der Waals surface area contributed by atoms with Crippen LogP contribution in [0.1, 0.15) is 115 Å². The van der Waals surface area contributed by atoms with Crippen molar-refractivity contribution in [3.63, 3.8) is 0 Å². The van der Waals surface area contributed by atoms with Gasteiger partial charge in [0, 0.05) is 5.41 Å². The van der Waals surface area contributed by atoms with E-state index in [2.05, 4.69) is 27.3 Å². The van der Waals surface area contributed by atoms with Gasteiger partial charge in [-0.25, -0.2) is 0 Å². The zero-order chi connectivity index (χ0) is 35.7. The van der Waals surface area contributed by atoms with Crippen molar-refractivity contribution in [3.8, 4) is 22.6 Å². The van der Waals surface area contributed by atoms with Crippen molar-refractivity contribution in [2.24, 2.45) is 0 Å². The molecule has 3 aromatic rings. The molecule has 0 saturated heterocycles. The molecule has 272 valence electrons. The van der Waals surface area contributed by atoms with Crippen molar-refractivity contribution < 1.29 is 52.3 Å². The minimum absolute atomic E-state index is 0.0458. The maximum Gasteiger partial charge on any atom is 0.550 e. The molecule has 0 fully saturated rings. The molecule has 49 heavy (non-hydrogen) atoms. The van der Waals surface area contributed by atoms with Crippen LogP contribution in [0.4, 0.5) is 26.3 Å². The topological polar surface area (TPSA) is 71.1 Å². The maximum atomic E-state index is 13.1. The molecule has 0 spiro atoms. The van der Waals surface area contributed by atoms with E-state index in [-0.39, 0.29) is 18.1 Å². The summed E-state index contributed by atoms with van der Waals surface area (Å²) in [7, 11) is -5.86. The second kappa shape index (κ2) is 17.0. The Hall–Kier alpha value is -2.68. The molecule has 3 aromatic carbocycles. The van der Waals surface area contributed by atoms with Gasteiger partial charge in [0.25, 0.3) is 12.3 Å². The van der Waals surface area contributed by atoms with Gasteiger partial charge < -0.3 is 8.37 Å². The molecule has 6 nitrogen and oxygen atoms in total. The highest BCUT2D eigenvalue weighted by atomic mass is 32.2. The van der Waals surface area contributed by atoms with E-state index in [9.17, 15) is 34.8 Å². The van der Waals surface area contributed by atoms with Gasteiger partial charge in [0.15, 0.2) is 0 Å². The monoisotopic (exact) mass is 736 g/mol. The van der Waals surface area contributed by atoms with Gasteiger partial charge in [-0.2, -0.15) is 21.6 Å². The third-order valence-electron chi connectivity index (χ3n) is 8.96. The van der Waals surface area contributed by atoms with Crippen LogP contribution >= 0.6 is 12.3 Å². The lowest BCUT2D eigenvalue weighted by Crippen LogP contribution is -2.28. The normalized spacial score (nSPS) is 14.2. The number of hydrogen-bond donors (Lipinski definition) is 0. The Morgan fingerprint density at radius 2 is 1.27 bits per heavy atom. The number of rotatable bonds is 20. The van der Waals surface area contributed by atoms with E-state index in [1.165, 1.54) is 12.1 Å². The molecule has 0 unspecified atom stereocenters. The van der Waals surface area contributed by atoms with Crippen molar-refractivity contribution >= 4 is 33.2 Å². The number of hydrogen-bond acceptors (Lipinski definition) is 7. The van der Waals surface area contributed by atoms with Crippen molar-refractivity contribution in [2.45, 2.75) is 121 Å². The van der Waals surface area contributed by atoms with Crippen LogP contribution in [0.5, 0.6) is 11.5 Å². The molecule has 0 N–H and O–H groups in total. The fourth-order valence-electron chi connectivity index (χ4n) is 6.78. The SMILES string of the molecule is CCCCCCCCC1(CCCCCCCC)c2cc(OSOOC(F)(F)F)ccc2-c2ccc3cc(OS(=O)(=O)C(F)(F)F)ccc3c21. The second-order valence-corrected chi connectivity index (χ2v) is 14.4. The standard InChI is InChI=1S/C35H42F6O6S2/c1-3-5-7-9-11-13-21-33(22-14-12-10-8-6-4-2)31-24-26(44-48-47-46-34(36,37)38)16-20-29(31)30-18-15-25-23-27(17-19-28(25)32(30)33)45-49(42,43)35(39,40)41/h15-20,23-24H,3-14,21-22H2,1-2H3. The van der Waals surface area contributed by atoms with Gasteiger partial charge in [0.05, 0.1) is 0 Å². The molecule has 0 radical (unpaired) electrons. The second-order valence-electron chi connectivity index (χ2n) is 12.4. The summed E-state index contributed by atoms with van der Waals surface area (Å²) in [5.41, 5.74) is -2.38. The third kappa shape index (κ3) is 9.98. The molecule has 14 heteroatoms. The van der Waals surface area contributed by atoms with Gasteiger partial charge in [-0.15, -0.1) is 22.4 Å². The van der Waals surface area contributed by atoms with E-state index in [1.54, 1.807) is 18.2 Å². The molecule has 0 atom stereocenters. The van der Waals surface area contributed by atoms with Crippen LogP contribution in [-0.4, -0.2) is 20.3 Å². The Balaban J connectivity index is 1.78. The van der Waals surface area contributed by atoms with Crippen LogP contribution in [0.3, 0.4) is 0 Å². The molecular weight excluding hydrogens is 695 g/mol. The number of halogens is 6. The highest BCUT2D eigenvalue weighted by Crippen LogP contribution is 2.57. The number of alkyl halides is 6. The van der Waals surface area contributed by atoms with E-state index < -0.39 is 33.2 Å². The fourth-order valence-corrected chi connectivity index (χ4v) is 7.55. The van der Waals surface area contributed by atoms with Crippen LogP contribution < -0.4 is 8.37 Å². The first kappa shape index (κ1) is 39.1. The summed E-state index contributed by atoms with van der Waals surface area (Å²) in [6, 6.07) is 13.0. The smallest absolute Gasteiger partial charge is 0.399 e. The highest BCUT2D eigenvalue weighted by molar-refractivity contribution is 7.90. The molecule has 4 rings (SSSR count). The summed E-state index contributed by atoms with van der Waals surface area (Å²) in [4.78, 5) is 3.36. The van der Waals surface area contributed by atoms with Crippen LogP contribution in [-0.2, 0) is 24.8 Å². The van der Waals surface area contributed by atoms with E-state index in [4.69, 9.17) is 4.18 Å². The molecule has 0 aliphatic heterocycles. The summed E-state index contributed by atoms with van der Waals surface area (Å²) < 4.78 is 114. The van der Waals surface area contributed by atoms with E-state index >= 15 is 0 Å². The van der Waals surface area contributed by atoms with Crippen LogP contribution in [0.15, 0.2) is 48.5 Å². The first-order chi connectivity index (χ1) is 23.2. The van der Waals surface area contributed by atoms with Gasteiger partial charge in [-0.1, -0.05) is 115 Å². The molecule has 0 bridgehead atoms. The lowest BCUT2D eigenvalue weighted by atomic mass is 9.69. The summed E-state index contributed by atoms with van der Waals surface area (Å²) in [5.74, 6) is -0.193. The number of unbranched alkanes of at least 4 members (excludes halogenated alkanes) is 10. The first-order valence-corrected chi connectivity index (χ1v) is 18.8. The molecule has 1 aliphatic rings. The quantitative estimate of drug-likeness (QED) is 0.0217. The minimum atomic E-state index is -5.86. The average Bonchev–Trinajstić information content (AvgIpc) is 3.30. The fraction of sp³-hybridized carbons (Fsp3) is 0.543. The van der Waals surface area contributed by atoms with Gasteiger partial charge >= 0.3 is 22.0 Å². The predicted octanol–water partition coefficient (Wildman–Crippen LogP) is 12.2. The van der Waals surface area contributed by atoms with E-state index in [0.29, 0.717) is 5.39 Å². The van der Waals surface area contributed by atoms with Crippen molar-refractivity contribution in [3.05, 3.63) is 59.7 Å². The molecular formula is C35H42F6O6S2.